The summed E-state index contributed by atoms with van der Waals surface area (Å²) in [6, 6.07) is 13.8. The maximum atomic E-state index is 13.0. The molecule has 2 aromatic rings. The molecular weight excluding hydrogens is 331 g/mol. The Kier molecular flexibility index (Phi) is 5.35. The van der Waals surface area contributed by atoms with Crippen molar-refractivity contribution in [2.24, 2.45) is 11.8 Å². The van der Waals surface area contributed by atoms with Crippen LogP contribution in [0.15, 0.2) is 48.5 Å². The smallest absolute Gasteiger partial charge is 0.226 e. The van der Waals surface area contributed by atoms with Crippen LogP contribution in [0, 0.1) is 17.7 Å². The van der Waals surface area contributed by atoms with Crippen molar-refractivity contribution in [1.29, 1.82) is 0 Å². The van der Waals surface area contributed by atoms with Gasteiger partial charge in [-0.15, -0.1) is 0 Å². The van der Waals surface area contributed by atoms with Gasteiger partial charge in [-0.25, -0.2) is 4.39 Å². The van der Waals surface area contributed by atoms with Crippen LogP contribution in [-0.4, -0.2) is 11.8 Å². The molecule has 0 radical (unpaired) electrons. The Hall–Kier alpha value is -2.69. The lowest BCUT2D eigenvalue weighted by Crippen LogP contribution is -2.24. The first-order valence-electron chi connectivity index (χ1n) is 8.87. The molecule has 1 fully saturated rings. The Bertz CT molecular complexity index is 785. The van der Waals surface area contributed by atoms with E-state index in [4.69, 9.17) is 0 Å². The van der Waals surface area contributed by atoms with E-state index >= 15 is 0 Å². The number of carbonyl (C=O) groups is 2. The Balaban J connectivity index is 1.48. The van der Waals surface area contributed by atoms with Gasteiger partial charge in [0.25, 0.3) is 0 Å². The van der Waals surface area contributed by atoms with E-state index in [2.05, 4.69) is 10.6 Å². The van der Waals surface area contributed by atoms with Crippen LogP contribution < -0.4 is 10.6 Å². The largest absolute Gasteiger partial charge is 0.352 e. The molecular formula is C21H23FN2O2. The van der Waals surface area contributed by atoms with E-state index in [9.17, 15) is 14.0 Å². The Morgan fingerprint density at radius 3 is 2.35 bits per heavy atom. The number of hydrogen-bond donors (Lipinski definition) is 2. The van der Waals surface area contributed by atoms with Crippen LogP contribution in [-0.2, 0) is 16.1 Å². The molecule has 2 atom stereocenters. The predicted octanol–water partition coefficient (Wildman–Crippen LogP) is 3.84. The first kappa shape index (κ1) is 18.1. The van der Waals surface area contributed by atoms with Crippen molar-refractivity contribution < 1.29 is 14.0 Å². The van der Waals surface area contributed by atoms with Crippen molar-refractivity contribution in [1.82, 2.24) is 5.32 Å². The predicted molar refractivity (Wildman–Crippen MR) is 99.0 cm³/mol. The van der Waals surface area contributed by atoms with Gasteiger partial charge in [0.05, 0.1) is 0 Å². The van der Waals surface area contributed by atoms with Gasteiger partial charge >= 0.3 is 0 Å². The molecule has 3 rings (SSSR count). The van der Waals surface area contributed by atoms with Gasteiger partial charge in [0, 0.05) is 24.1 Å². The first-order valence-corrected chi connectivity index (χ1v) is 8.87. The summed E-state index contributed by atoms with van der Waals surface area (Å²) in [6.45, 7) is 4.14. The van der Waals surface area contributed by atoms with Crippen molar-refractivity contribution in [3.05, 3.63) is 65.5 Å². The summed E-state index contributed by atoms with van der Waals surface area (Å²) in [6.07, 6.45) is 0.803. The number of anilines is 1. The van der Waals surface area contributed by atoms with Gasteiger partial charge in [-0.05, 0) is 47.7 Å². The van der Waals surface area contributed by atoms with Gasteiger partial charge in [-0.2, -0.15) is 0 Å². The van der Waals surface area contributed by atoms with Crippen LogP contribution in [0.3, 0.4) is 0 Å². The maximum Gasteiger partial charge on any atom is 0.226 e. The van der Waals surface area contributed by atoms with E-state index in [1.165, 1.54) is 12.1 Å². The molecule has 2 amide bonds. The van der Waals surface area contributed by atoms with Crippen molar-refractivity contribution in [3.8, 4) is 0 Å². The van der Waals surface area contributed by atoms with E-state index in [0.717, 1.165) is 23.2 Å². The molecule has 0 bridgehead atoms. The molecule has 2 aromatic carbocycles. The monoisotopic (exact) mass is 354 g/mol. The Labute approximate surface area is 152 Å². The van der Waals surface area contributed by atoms with Crippen LogP contribution in [0.2, 0.25) is 0 Å². The average Bonchev–Trinajstić information content (AvgIpc) is 3.42. The van der Waals surface area contributed by atoms with Gasteiger partial charge in [-0.3, -0.25) is 9.59 Å². The minimum Gasteiger partial charge on any atom is -0.352 e. The standard InChI is InChI=1S/C21H23FN2O2/c1-13(2)20(25)24-17-9-3-14(4-10-17)12-23-21(26)19-11-18(19)15-5-7-16(22)8-6-15/h3-10,13,18-19H,11-12H2,1-2H3,(H,23,26)(H,24,25). The molecule has 0 aliphatic heterocycles. The molecule has 4 nitrogen and oxygen atoms in total. The average molecular weight is 354 g/mol. The molecule has 1 aliphatic rings. The number of amides is 2. The zero-order valence-electron chi connectivity index (χ0n) is 15.0. The van der Waals surface area contributed by atoms with Crippen molar-refractivity contribution >= 4 is 17.5 Å². The van der Waals surface area contributed by atoms with E-state index in [1.54, 1.807) is 12.1 Å². The zero-order valence-corrected chi connectivity index (χ0v) is 15.0. The lowest BCUT2D eigenvalue weighted by atomic mass is 10.1. The van der Waals surface area contributed by atoms with E-state index < -0.39 is 0 Å². The molecule has 0 aromatic heterocycles. The quantitative estimate of drug-likeness (QED) is 0.828. The highest BCUT2D eigenvalue weighted by molar-refractivity contribution is 5.92. The first-order chi connectivity index (χ1) is 12.4. The van der Waals surface area contributed by atoms with Crippen LogP contribution in [0.1, 0.15) is 37.3 Å². The number of benzene rings is 2. The summed E-state index contributed by atoms with van der Waals surface area (Å²) in [4.78, 5) is 23.9. The van der Waals surface area contributed by atoms with Gasteiger partial charge in [0.2, 0.25) is 11.8 Å². The summed E-state index contributed by atoms with van der Waals surface area (Å²) in [5, 5.41) is 5.79. The maximum absolute atomic E-state index is 13.0. The number of nitrogens with one attached hydrogen (secondary N) is 2. The normalized spacial score (nSPS) is 18.5. The molecule has 26 heavy (non-hydrogen) atoms. The fourth-order valence-electron chi connectivity index (χ4n) is 2.88. The molecule has 2 N–H and O–H groups in total. The second-order valence-corrected chi connectivity index (χ2v) is 7.06. The fourth-order valence-corrected chi connectivity index (χ4v) is 2.88. The summed E-state index contributed by atoms with van der Waals surface area (Å²) in [5.74, 6) is -0.178. The van der Waals surface area contributed by atoms with Crippen molar-refractivity contribution in [2.75, 3.05) is 5.32 Å². The van der Waals surface area contributed by atoms with Crippen molar-refractivity contribution in [3.63, 3.8) is 0 Å². The molecule has 1 saturated carbocycles. The molecule has 0 heterocycles. The van der Waals surface area contributed by atoms with Gasteiger partial charge < -0.3 is 10.6 Å². The minimum atomic E-state index is -0.261. The number of hydrogen-bond acceptors (Lipinski definition) is 2. The van der Waals surface area contributed by atoms with E-state index in [-0.39, 0.29) is 35.4 Å². The number of carbonyl (C=O) groups excluding carboxylic acids is 2. The van der Waals surface area contributed by atoms with Crippen molar-refractivity contribution in [2.45, 2.75) is 32.7 Å². The Morgan fingerprint density at radius 2 is 1.73 bits per heavy atom. The third-order valence-electron chi connectivity index (χ3n) is 4.64. The second-order valence-electron chi connectivity index (χ2n) is 7.06. The lowest BCUT2D eigenvalue weighted by Gasteiger charge is -2.09. The summed E-state index contributed by atoms with van der Waals surface area (Å²) in [5.41, 5.74) is 2.73. The van der Waals surface area contributed by atoms with Gasteiger partial charge in [0.15, 0.2) is 0 Å². The number of halogens is 1. The SMILES string of the molecule is CC(C)C(=O)Nc1ccc(CNC(=O)C2CC2c2ccc(F)cc2)cc1. The van der Waals surface area contributed by atoms with Gasteiger partial charge in [-0.1, -0.05) is 38.1 Å². The van der Waals surface area contributed by atoms with E-state index in [1.807, 2.05) is 38.1 Å². The topological polar surface area (TPSA) is 58.2 Å². The van der Waals surface area contributed by atoms with Crippen LogP contribution in [0.4, 0.5) is 10.1 Å². The summed E-state index contributed by atoms with van der Waals surface area (Å²) in [7, 11) is 0. The lowest BCUT2D eigenvalue weighted by molar-refractivity contribution is -0.122. The summed E-state index contributed by atoms with van der Waals surface area (Å²) >= 11 is 0. The molecule has 2 unspecified atom stereocenters. The van der Waals surface area contributed by atoms with Crippen LogP contribution in [0.5, 0.6) is 0 Å². The summed E-state index contributed by atoms with van der Waals surface area (Å²) < 4.78 is 13.0. The van der Waals surface area contributed by atoms with E-state index in [0.29, 0.717) is 6.54 Å². The second kappa shape index (κ2) is 7.68. The highest BCUT2D eigenvalue weighted by Crippen LogP contribution is 2.47. The molecule has 0 spiro atoms. The molecule has 5 heteroatoms. The van der Waals surface area contributed by atoms with Crippen LogP contribution >= 0.6 is 0 Å². The highest BCUT2D eigenvalue weighted by atomic mass is 19.1. The van der Waals surface area contributed by atoms with Crippen LogP contribution in [0.25, 0.3) is 0 Å². The third-order valence-corrected chi connectivity index (χ3v) is 4.64. The van der Waals surface area contributed by atoms with Gasteiger partial charge in [0.1, 0.15) is 5.82 Å². The fraction of sp³-hybridized carbons (Fsp3) is 0.333. The third kappa shape index (κ3) is 4.48. The number of rotatable bonds is 6. The molecule has 1 aliphatic carbocycles. The highest BCUT2D eigenvalue weighted by Gasteiger charge is 2.43. The Morgan fingerprint density at radius 1 is 1.08 bits per heavy atom. The molecule has 136 valence electrons. The minimum absolute atomic E-state index is 0.0216. The molecule has 0 saturated heterocycles. The zero-order chi connectivity index (χ0) is 18.7.